The lowest BCUT2D eigenvalue weighted by molar-refractivity contribution is -0.146. The van der Waals surface area contributed by atoms with E-state index >= 15 is 0 Å². The maximum Gasteiger partial charge on any atom is 0.310 e. The Morgan fingerprint density at radius 3 is 2.74 bits per heavy atom. The van der Waals surface area contributed by atoms with Crippen LogP contribution in [0.15, 0.2) is 45.8 Å². The molecule has 4 nitrogen and oxygen atoms in total. The van der Waals surface area contributed by atoms with Gasteiger partial charge in [0.25, 0.3) is 0 Å². The molecule has 1 heterocycles. The van der Waals surface area contributed by atoms with Crippen molar-refractivity contribution in [2.75, 3.05) is 5.75 Å². The van der Waals surface area contributed by atoms with Crippen molar-refractivity contribution in [1.29, 1.82) is 0 Å². The number of Topliss-reactive ketones (excluding diaryl/α,β-unsaturated/α-hetero) is 1. The van der Waals surface area contributed by atoms with Crippen molar-refractivity contribution in [2.45, 2.75) is 36.9 Å². The molecule has 27 heavy (non-hydrogen) atoms. The van der Waals surface area contributed by atoms with E-state index < -0.39 is 12.2 Å². The van der Waals surface area contributed by atoms with E-state index in [1.165, 1.54) is 0 Å². The van der Waals surface area contributed by atoms with Gasteiger partial charge in [0.15, 0.2) is 0 Å². The standard InChI is InChI=1S/C21H23BrO4S/c1-10-7-16(24)19-13(9-27-17-6-4-3-5-14(17)22)21(25)26-20(19)18-11(2)15(23)8-12(10)18/h3-6,11-13,16,18-20,24H,1,7-9H2,2H3/t11-,12+,13+,16+,18+,19-,20+/m1/s1. The number of carbonyl (C=O) groups is 2. The Hall–Kier alpha value is -1.11. The lowest BCUT2D eigenvalue weighted by Crippen LogP contribution is -2.38. The molecule has 1 saturated heterocycles. The molecule has 1 aromatic carbocycles. The Labute approximate surface area is 171 Å². The van der Waals surface area contributed by atoms with E-state index in [4.69, 9.17) is 4.74 Å². The first-order chi connectivity index (χ1) is 12.9. The number of aliphatic hydroxyl groups is 1. The molecule has 0 amide bonds. The van der Waals surface area contributed by atoms with E-state index in [-0.39, 0.29) is 41.3 Å². The number of benzene rings is 1. The molecule has 6 heteroatoms. The zero-order valence-electron chi connectivity index (χ0n) is 15.1. The molecule has 3 fully saturated rings. The van der Waals surface area contributed by atoms with Crippen LogP contribution in [-0.4, -0.2) is 34.8 Å². The van der Waals surface area contributed by atoms with Crippen LogP contribution in [0, 0.1) is 29.6 Å². The minimum absolute atomic E-state index is 0.0135. The number of fused-ring (bicyclic) bond motifs is 3. The van der Waals surface area contributed by atoms with Gasteiger partial charge in [0.05, 0.1) is 12.0 Å². The third kappa shape index (κ3) is 3.30. The number of carbonyl (C=O) groups excluding carboxylic acids is 2. The quantitative estimate of drug-likeness (QED) is 0.430. The number of esters is 1. The predicted molar refractivity (Wildman–Crippen MR) is 107 cm³/mol. The summed E-state index contributed by atoms with van der Waals surface area (Å²) in [6, 6.07) is 7.89. The fourth-order valence-corrected chi connectivity index (χ4v) is 6.74. The Morgan fingerprint density at radius 1 is 1.26 bits per heavy atom. The summed E-state index contributed by atoms with van der Waals surface area (Å²) >= 11 is 5.13. The van der Waals surface area contributed by atoms with Crippen LogP contribution in [0.25, 0.3) is 0 Å². The van der Waals surface area contributed by atoms with Gasteiger partial charge in [0.1, 0.15) is 11.9 Å². The average molecular weight is 451 g/mol. The van der Waals surface area contributed by atoms with Gasteiger partial charge in [0.2, 0.25) is 0 Å². The van der Waals surface area contributed by atoms with Crippen LogP contribution in [0.4, 0.5) is 0 Å². The van der Waals surface area contributed by atoms with Gasteiger partial charge in [-0.25, -0.2) is 0 Å². The van der Waals surface area contributed by atoms with Gasteiger partial charge in [-0.15, -0.1) is 11.8 Å². The van der Waals surface area contributed by atoms with E-state index in [1.807, 2.05) is 31.2 Å². The normalized spacial score (nSPS) is 38.3. The molecule has 0 spiro atoms. The van der Waals surface area contributed by atoms with E-state index in [0.717, 1.165) is 14.9 Å². The lowest BCUT2D eigenvalue weighted by atomic mass is 9.77. The summed E-state index contributed by atoms with van der Waals surface area (Å²) in [5, 5.41) is 10.9. The highest BCUT2D eigenvalue weighted by Crippen LogP contribution is 2.52. The highest BCUT2D eigenvalue weighted by atomic mass is 79.9. The molecule has 7 atom stereocenters. The molecule has 0 bridgehead atoms. The monoisotopic (exact) mass is 450 g/mol. The van der Waals surface area contributed by atoms with Crippen LogP contribution in [0.3, 0.4) is 0 Å². The molecule has 2 saturated carbocycles. The summed E-state index contributed by atoms with van der Waals surface area (Å²) in [5.41, 5.74) is 0.924. The number of aliphatic hydroxyl groups excluding tert-OH is 1. The fourth-order valence-electron chi connectivity index (χ4n) is 5.02. The van der Waals surface area contributed by atoms with Gasteiger partial charge < -0.3 is 9.84 Å². The van der Waals surface area contributed by atoms with E-state index in [1.54, 1.807) is 11.8 Å². The van der Waals surface area contributed by atoms with Crippen LogP contribution in [0.1, 0.15) is 19.8 Å². The van der Waals surface area contributed by atoms with Crippen LogP contribution < -0.4 is 0 Å². The molecule has 2 aliphatic carbocycles. The van der Waals surface area contributed by atoms with Crippen molar-refractivity contribution in [3.63, 3.8) is 0 Å². The Kier molecular flexibility index (Phi) is 5.25. The molecule has 144 valence electrons. The first kappa shape index (κ1) is 19.2. The smallest absolute Gasteiger partial charge is 0.310 e. The molecule has 1 N–H and O–H groups in total. The third-order valence-corrected chi connectivity index (χ3v) is 8.59. The molecule has 4 rings (SSSR count). The second-order valence-corrected chi connectivity index (χ2v) is 9.82. The Balaban J connectivity index is 1.60. The van der Waals surface area contributed by atoms with Crippen LogP contribution in [-0.2, 0) is 14.3 Å². The van der Waals surface area contributed by atoms with Crippen molar-refractivity contribution < 1.29 is 19.4 Å². The number of hydrogen-bond donors (Lipinski definition) is 1. The molecular weight excluding hydrogens is 428 g/mol. The fraction of sp³-hybridized carbons (Fsp3) is 0.524. The zero-order valence-corrected chi connectivity index (χ0v) is 17.5. The minimum Gasteiger partial charge on any atom is -0.461 e. The summed E-state index contributed by atoms with van der Waals surface area (Å²) in [6.07, 6.45) is -0.168. The van der Waals surface area contributed by atoms with E-state index in [2.05, 4.69) is 22.5 Å². The van der Waals surface area contributed by atoms with Crippen LogP contribution >= 0.6 is 27.7 Å². The number of rotatable bonds is 3. The van der Waals surface area contributed by atoms with Gasteiger partial charge in [-0.05, 0) is 40.4 Å². The maximum atomic E-state index is 12.7. The van der Waals surface area contributed by atoms with Crippen molar-refractivity contribution in [1.82, 2.24) is 0 Å². The lowest BCUT2D eigenvalue weighted by Gasteiger charge is -2.29. The number of ketones is 1. The highest BCUT2D eigenvalue weighted by molar-refractivity contribution is 9.10. The van der Waals surface area contributed by atoms with Gasteiger partial charge in [0, 0.05) is 39.3 Å². The summed E-state index contributed by atoms with van der Waals surface area (Å²) < 4.78 is 6.80. The van der Waals surface area contributed by atoms with E-state index in [9.17, 15) is 14.7 Å². The molecule has 0 aromatic heterocycles. The largest absolute Gasteiger partial charge is 0.461 e. The molecule has 1 aromatic rings. The van der Waals surface area contributed by atoms with Crippen LogP contribution in [0.2, 0.25) is 0 Å². The highest BCUT2D eigenvalue weighted by Gasteiger charge is 2.58. The summed E-state index contributed by atoms with van der Waals surface area (Å²) in [6.45, 7) is 6.07. The van der Waals surface area contributed by atoms with Crippen molar-refractivity contribution in [3.8, 4) is 0 Å². The van der Waals surface area contributed by atoms with Gasteiger partial charge in [-0.1, -0.05) is 31.2 Å². The SMILES string of the molecule is C=C1C[C@H](O)[C@@H]2[C@@H](OC(=O)[C@H]2CSc2ccccc2Br)[C@H]2[C@H](C)C(=O)C[C@@H]12. The molecule has 0 unspecified atom stereocenters. The van der Waals surface area contributed by atoms with Gasteiger partial charge in [-0.3, -0.25) is 9.59 Å². The van der Waals surface area contributed by atoms with Crippen molar-refractivity contribution >= 4 is 39.4 Å². The van der Waals surface area contributed by atoms with Gasteiger partial charge in [-0.2, -0.15) is 0 Å². The van der Waals surface area contributed by atoms with Crippen LogP contribution in [0.5, 0.6) is 0 Å². The number of ether oxygens (including phenoxy) is 1. The molecule has 0 radical (unpaired) electrons. The van der Waals surface area contributed by atoms with E-state index in [0.29, 0.717) is 18.6 Å². The summed E-state index contributed by atoms with van der Waals surface area (Å²) in [7, 11) is 0. The second-order valence-electron chi connectivity index (χ2n) is 7.90. The summed E-state index contributed by atoms with van der Waals surface area (Å²) in [4.78, 5) is 26.1. The van der Waals surface area contributed by atoms with Crippen molar-refractivity contribution in [2.24, 2.45) is 29.6 Å². The molecular formula is C21H23BrO4S. The molecule has 1 aliphatic heterocycles. The average Bonchev–Trinajstić information content (AvgIpc) is 3.07. The summed E-state index contributed by atoms with van der Waals surface area (Å²) in [5.74, 6) is -0.360. The first-order valence-electron chi connectivity index (χ1n) is 9.34. The molecule has 3 aliphatic rings. The number of hydrogen-bond acceptors (Lipinski definition) is 5. The first-order valence-corrected chi connectivity index (χ1v) is 11.1. The zero-order chi connectivity index (χ0) is 19.3. The minimum atomic E-state index is -0.660. The number of thioether (sulfide) groups is 1. The maximum absolute atomic E-state index is 12.7. The Morgan fingerprint density at radius 2 is 2.00 bits per heavy atom. The second kappa shape index (κ2) is 7.37. The number of halogens is 1. The third-order valence-electron chi connectivity index (χ3n) is 6.44. The Bertz CT molecular complexity index is 794. The van der Waals surface area contributed by atoms with Crippen molar-refractivity contribution in [3.05, 3.63) is 40.9 Å². The predicted octanol–water partition coefficient (Wildman–Crippen LogP) is 3.86. The topological polar surface area (TPSA) is 63.6 Å². The van der Waals surface area contributed by atoms with Gasteiger partial charge >= 0.3 is 5.97 Å².